The molecule has 8 heteroatoms. The number of hydrogen-bond acceptors (Lipinski definition) is 5. The molecule has 6 rings (SSSR count). The number of likely N-dealkylation sites (tertiary alicyclic amines) is 1. The second-order valence-electron chi connectivity index (χ2n) is 8.62. The number of aromatic nitrogens is 4. The summed E-state index contributed by atoms with van der Waals surface area (Å²) in [6.45, 7) is 0.447. The fourth-order valence-corrected chi connectivity index (χ4v) is 5.07. The van der Waals surface area contributed by atoms with Crippen molar-refractivity contribution in [2.24, 2.45) is 7.05 Å². The van der Waals surface area contributed by atoms with E-state index in [1.807, 2.05) is 42.1 Å². The highest BCUT2D eigenvalue weighted by Gasteiger charge is 2.60. The van der Waals surface area contributed by atoms with Crippen molar-refractivity contribution < 1.29 is 9.59 Å². The van der Waals surface area contributed by atoms with Gasteiger partial charge in [-0.25, -0.2) is 15.0 Å². The first-order valence-corrected chi connectivity index (χ1v) is 10.6. The SMILES string of the molecule is Cn1ccnc1[C@@H]1N(C(=O)c2cnc(C3CC3)nc2)CC[C@]12C(=O)Nc1ccccc12. The molecule has 3 aliphatic rings. The molecule has 3 aromatic rings. The second-order valence-corrected chi connectivity index (χ2v) is 8.62. The molecule has 2 amide bonds. The van der Waals surface area contributed by atoms with Gasteiger partial charge in [0.25, 0.3) is 5.91 Å². The summed E-state index contributed by atoms with van der Waals surface area (Å²) in [6, 6.07) is 7.21. The first-order valence-electron chi connectivity index (χ1n) is 10.6. The summed E-state index contributed by atoms with van der Waals surface area (Å²) in [7, 11) is 1.89. The average Bonchev–Trinajstić information content (AvgIpc) is 3.35. The minimum Gasteiger partial charge on any atom is -0.336 e. The number of hydrogen-bond donors (Lipinski definition) is 1. The van der Waals surface area contributed by atoms with E-state index in [1.165, 1.54) is 0 Å². The number of anilines is 1. The molecule has 1 saturated heterocycles. The Balaban J connectivity index is 1.45. The van der Waals surface area contributed by atoms with Crippen LogP contribution in [0.25, 0.3) is 0 Å². The molecule has 0 bridgehead atoms. The van der Waals surface area contributed by atoms with Gasteiger partial charge in [0, 0.05) is 50.0 Å². The standard InChI is InChI=1S/C23H22N6O2/c1-28-11-9-24-20(28)18-23(16-4-2-3-5-17(16)27-22(23)31)8-10-29(18)21(30)15-12-25-19(26-13-15)14-6-7-14/h2-5,9,11-14,18H,6-8,10H2,1H3,(H,27,31)/t18-,23+/m0/s1. The Hall–Kier alpha value is -3.55. The van der Waals surface area contributed by atoms with Crippen LogP contribution in [0.2, 0.25) is 0 Å². The lowest BCUT2D eigenvalue weighted by molar-refractivity contribution is -0.121. The molecule has 4 heterocycles. The van der Waals surface area contributed by atoms with E-state index in [2.05, 4.69) is 20.3 Å². The van der Waals surface area contributed by atoms with Crippen LogP contribution in [0.3, 0.4) is 0 Å². The lowest BCUT2D eigenvalue weighted by atomic mass is 9.74. The van der Waals surface area contributed by atoms with Gasteiger partial charge in [0.1, 0.15) is 23.1 Å². The van der Waals surface area contributed by atoms with Crippen molar-refractivity contribution in [1.29, 1.82) is 0 Å². The van der Waals surface area contributed by atoms with Gasteiger partial charge in [0.2, 0.25) is 5.91 Å². The number of nitrogens with zero attached hydrogens (tertiary/aromatic N) is 5. The Kier molecular flexibility index (Phi) is 3.81. The van der Waals surface area contributed by atoms with E-state index >= 15 is 0 Å². The molecular weight excluding hydrogens is 392 g/mol. The molecule has 31 heavy (non-hydrogen) atoms. The van der Waals surface area contributed by atoms with Crippen LogP contribution in [-0.4, -0.2) is 42.8 Å². The smallest absolute Gasteiger partial charge is 0.257 e. The fourth-order valence-electron chi connectivity index (χ4n) is 5.07. The highest BCUT2D eigenvalue weighted by atomic mass is 16.2. The molecule has 0 radical (unpaired) electrons. The lowest BCUT2D eigenvalue weighted by Gasteiger charge is -2.33. The van der Waals surface area contributed by atoms with Crippen molar-refractivity contribution in [2.45, 2.75) is 36.6 Å². The number of carbonyl (C=O) groups is 2. The third-order valence-electron chi connectivity index (χ3n) is 6.81. The lowest BCUT2D eigenvalue weighted by Crippen LogP contribution is -2.43. The molecule has 1 aromatic carbocycles. The summed E-state index contributed by atoms with van der Waals surface area (Å²) in [6.07, 6.45) is 9.53. The maximum atomic E-state index is 13.6. The maximum Gasteiger partial charge on any atom is 0.257 e. The number of para-hydroxylation sites is 1. The largest absolute Gasteiger partial charge is 0.336 e. The third kappa shape index (κ3) is 2.57. The number of nitrogens with one attached hydrogen (secondary N) is 1. The van der Waals surface area contributed by atoms with Crippen LogP contribution >= 0.6 is 0 Å². The number of imidazole rings is 1. The molecule has 0 unspecified atom stereocenters. The van der Waals surface area contributed by atoms with E-state index in [-0.39, 0.29) is 11.8 Å². The monoisotopic (exact) mass is 414 g/mol. The van der Waals surface area contributed by atoms with Crippen LogP contribution < -0.4 is 5.32 Å². The van der Waals surface area contributed by atoms with Crippen LogP contribution in [0, 0.1) is 0 Å². The van der Waals surface area contributed by atoms with Gasteiger partial charge in [0.15, 0.2) is 0 Å². The van der Waals surface area contributed by atoms with E-state index in [0.29, 0.717) is 30.3 Å². The number of carbonyl (C=O) groups excluding carboxylic acids is 2. The minimum absolute atomic E-state index is 0.0858. The highest BCUT2D eigenvalue weighted by molar-refractivity contribution is 6.08. The molecule has 1 spiro atoms. The topological polar surface area (TPSA) is 93.0 Å². The van der Waals surface area contributed by atoms with E-state index in [4.69, 9.17) is 0 Å². The van der Waals surface area contributed by atoms with E-state index in [1.54, 1.807) is 23.5 Å². The average molecular weight is 414 g/mol. The van der Waals surface area contributed by atoms with Gasteiger partial charge >= 0.3 is 0 Å². The molecule has 2 fully saturated rings. The van der Waals surface area contributed by atoms with Crippen molar-refractivity contribution in [2.75, 3.05) is 11.9 Å². The Labute approximate surface area is 179 Å². The van der Waals surface area contributed by atoms with Gasteiger partial charge in [-0.3, -0.25) is 9.59 Å². The minimum atomic E-state index is -0.875. The summed E-state index contributed by atoms with van der Waals surface area (Å²) in [5, 5.41) is 3.03. The Morgan fingerprint density at radius 2 is 1.94 bits per heavy atom. The van der Waals surface area contributed by atoms with Crippen LogP contribution in [0.15, 0.2) is 49.1 Å². The van der Waals surface area contributed by atoms with Crippen molar-refractivity contribution in [3.05, 3.63) is 71.8 Å². The normalized spacial score (nSPS) is 24.5. The zero-order valence-electron chi connectivity index (χ0n) is 17.2. The molecule has 8 nitrogen and oxygen atoms in total. The van der Waals surface area contributed by atoms with Gasteiger partial charge < -0.3 is 14.8 Å². The highest BCUT2D eigenvalue weighted by Crippen LogP contribution is 2.54. The Morgan fingerprint density at radius 3 is 2.65 bits per heavy atom. The molecule has 1 N–H and O–H groups in total. The fraction of sp³-hybridized carbons (Fsp3) is 0.348. The summed E-state index contributed by atoms with van der Waals surface area (Å²) in [5.74, 6) is 1.66. The van der Waals surface area contributed by atoms with Crippen LogP contribution in [0.4, 0.5) is 5.69 Å². The summed E-state index contributed by atoms with van der Waals surface area (Å²) >= 11 is 0. The zero-order chi connectivity index (χ0) is 21.2. The van der Waals surface area contributed by atoms with E-state index in [9.17, 15) is 9.59 Å². The quantitative estimate of drug-likeness (QED) is 0.711. The molecular formula is C23H22N6O2. The molecule has 2 atom stereocenters. The second kappa shape index (κ2) is 6.47. The zero-order valence-corrected chi connectivity index (χ0v) is 17.2. The van der Waals surface area contributed by atoms with Gasteiger partial charge in [-0.15, -0.1) is 0 Å². The van der Waals surface area contributed by atoms with Crippen LogP contribution in [-0.2, 0) is 17.3 Å². The van der Waals surface area contributed by atoms with E-state index in [0.717, 1.165) is 29.9 Å². The number of fused-ring (bicyclic) bond motifs is 2. The number of rotatable bonds is 3. The van der Waals surface area contributed by atoms with Gasteiger partial charge in [-0.05, 0) is 30.9 Å². The number of amides is 2. The van der Waals surface area contributed by atoms with Crippen molar-refractivity contribution in [3.8, 4) is 0 Å². The molecule has 156 valence electrons. The first-order chi connectivity index (χ1) is 15.1. The van der Waals surface area contributed by atoms with Crippen LogP contribution in [0.1, 0.15) is 58.8 Å². The van der Waals surface area contributed by atoms with Crippen LogP contribution in [0.5, 0.6) is 0 Å². The van der Waals surface area contributed by atoms with Crippen molar-refractivity contribution >= 4 is 17.5 Å². The Morgan fingerprint density at radius 1 is 1.16 bits per heavy atom. The summed E-state index contributed by atoms with van der Waals surface area (Å²) in [4.78, 5) is 42.1. The molecule has 2 aromatic heterocycles. The number of benzene rings is 1. The van der Waals surface area contributed by atoms with E-state index < -0.39 is 11.5 Å². The Bertz CT molecular complexity index is 1200. The third-order valence-corrected chi connectivity index (χ3v) is 6.81. The first kappa shape index (κ1) is 18.2. The predicted octanol–water partition coefficient (Wildman–Crippen LogP) is 2.56. The summed E-state index contributed by atoms with van der Waals surface area (Å²) in [5.41, 5.74) is 1.29. The van der Waals surface area contributed by atoms with Crippen molar-refractivity contribution in [3.63, 3.8) is 0 Å². The van der Waals surface area contributed by atoms with Gasteiger partial charge in [0.05, 0.1) is 5.56 Å². The van der Waals surface area contributed by atoms with Gasteiger partial charge in [-0.2, -0.15) is 0 Å². The molecule has 1 aliphatic carbocycles. The predicted molar refractivity (Wildman–Crippen MR) is 112 cm³/mol. The van der Waals surface area contributed by atoms with Crippen molar-refractivity contribution in [1.82, 2.24) is 24.4 Å². The van der Waals surface area contributed by atoms with Gasteiger partial charge in [-0.1, -0.05) is 18.2 Å². The number of aryl methyl sites for hydroxylation is 1. The molecule has 2 aliphatic heterocycles. The summed E-state index contributed by atoms with van der Waals surface area (Å²) < 4.78 is 1.89. The maximum absolute atomic E-state index is 13.6. The molecule has 1 saturated carbocycles.